The molecule has 0 bridgehead atoms. The molecule has 0 spiro atoms. The highest BCUT2D eigenvalue weighted by Gasteiger charge is 2.09. The summed E-state index contributed by atoms with van der Waals surface area (Å²) >= 11 is 0. The lowest BCUT2D eigenvalue weighted by atomic mass is 10.1. The zero-order valence-corrected chi connectivity index (χ0v) is 16.0. The van der Waals surface area contributed by atoms with Gasteiger partial charge in [-0.05, 0) is 82.9 Å². The van der Waals surface area contributed by atoms with Crippen molar-refractivity contribution < 1.29 is 13.9 Å². The van der Waals surface area contributed by atoms with Crippen molar-refractivity contribution in [2.45, 2.75) is 45.4 Å². The predicted molar refractivity (Wildman–Crippen MR) is 103 cm³/mol. The van der Waals surface area contributed by atoms with Gasteiger partial charge in [-0.2, -0.15) is 9.97 Å². The fourth-order valence-corrected chi connectivity index (χ4v) is 3.24. The van der Waals surface area contributed by atoms with E-state index in [1.54, 1.807) is 25.1 Å². The Morgan fingerprint density at radius 3 is 2.48 bits per heavy atom. The molecule has 27 heavy (non-hydrogen) atoms. The van der Waals surface area contributed by atoms with Crippen LogP contribution in [0.5, 0.6) is 17.5 Å². The van der Waals surface area contributed by atoms with E-state index in [1.807, 2.05) is 0 Å². The van der Waals surface area contributed by atoms with Crippen LogP contribution in [0.4, 0.5) is 4.39 Å². The van der Waals surface area contributed by atoms with Gasteiger partial charge in [0.1, 0.15) is 17.4 Å². The van der Waals surface area contributed by atoms with Gasteiger partial charge in [0.2, 0.25) is 11.8 Å². The molecule has 0 N–H and O–H groups in total. The quantitative estimate of drug-likeness (QED) is 0.594. The van der Waals surface area contributed by atoms with E-state index in [9.17, 15) is 4.39 Å². The lowest BCUT2D eigenvalue weighted by Gasteiger charge is -2.26. The van der Waals surface area contributed by atoms with Crippen molar-refractivity contribution in [3.05, 3.63) is 42.0 Å². The van der Waals surface area contributed by atoms with E-state index in [4.69, 9.17) is 9.47 Å². The van der Waals surface area contributed by atoms with Crippen LogP contribution in [-0.2, 0) is 0 Å². The topological polar surface area (TPSA) is 47.5 Å². The lowest BCUT2D eigenvalue weighted by Crippen LogP contribution is -2.30. The second kappa shape index (κ2) is 10.2. The van der Waals surface area contributed by atoms with Gasteiger partial charge in [-0.25, -0.2) is 4.39 Å². The molecule has 2 heterocycles. The van der Waals surface area contributed by atoms with Gasteiger partial charge in [0.05, 0.1) is 12.7 Å². The molecule has 1 saturated heterocycles. The number of aryl methyl sites for hydroxylation is 1. The van der Waals surface area contributed by atoms with Crippen LogP contribution in [0.25, 0.3) is 0 Å². The monoisotopic (exact) mass is 373 g/mol. The summed E-state index contributed by atoms with van der Waals surface area (Å²) < 4.78 is 24.4. The molecule has 0 saturated carbocycles. The van der Waals surface area contributed by atoms with Crippen molar-refractivity contribution in [1.29, 1.82) is 0 Å². The lowest BCUT2D eigenvalue weighted by molar-refractivity contribution is 0.220. The summed E-state index contributed by atoms with van der Waals surface area (Å²) in [7, 11) is 0. The van der Waals surface area contributed by atoms with Gasteiger partial charge in [-0.3, -0.25) is 0 Å². The van der Waals surface area contributed by atoms with E-state index in [0.717, 1.165) is 12.8 Å². The van der Waals surface area contributed by atoms with Crippen LogP contribution in [0.15, 0.2) is 30.3 Å². The molecule has 1 aromatic heterocycles. The van der Waals surface area contributed by atoms with Gasteiger partial charge in [0.15, 0.2) is 0 Å². The Balaban J connectivity index is 1.40. The highest BCUT2D eigenvalue weighted by atomic mass is 19.1. The third kappa shape index (κ3) is 6.79. The van der Waals surface area contributed by atoms with Crippen LogP contribution in [0.2, 0.25) is 0 Å². The maximum Gasteiger partial charge on any atom is 0.226 e. The highest BCUT2D eigenvalue weighted by Crippen LogP contribution is 2.23. The smallest absolute Gasteiger partial charge is 0.226 e. The van der Waals surface area contributed by atoms with Gasteiger partial charge in [-0.1, -0.05) is 6.42 Å². The largest absolute Gasteiger partial charge is 0.477 e. The summed E-state index contributed by atoms with van der Waals surface area (Å²) in [6.07, 6.45) is 7.45. The number of rotatable bonds is 9. The van der Waals surface area contributed by atoms with E-state index in [0.29, 0.717) is 29.9 Å². The first kappa shape index (κ1) is 19.5. The third-order valence-electron chi connectivity index (χ3n) is 4.64. The summed E-state index contributed by atoms with van der Waals surface area (Å²) in [4.78, 5) is 11.1. The van der Waals surface area contributed by atoms with Crippen LogP contribution in [0.1, 0.15) is 44.3 Å². The van der Waals surface area contributed by atoms with Gasteiger partial charge in [0, 0.05) is 0 Å². The minimum atomic E-state index is -0.300. The Morgan fingerprint density at radius 1 is 0.963 bits per heavy atom. The van der Waals surface area contributed by atoms with E-state index in [1.165, 1.54) is 57.5 Å². The molecule has 5 nitrogen and oxygen atoms in total. The van der Waals surface area contributed by atoms with Crippen molar-refractivity contribution in [3.63, 3.8) is 0 Å². The van der Waals surface area contributed by atoms with E-state index in [2.05, 4.69) is 14.9 Å². The molecule has 0 unspecified atom stereocenters. The fourth-order valence-electron chi connectivity index (χ4n) is 3.24. The Hall–Kier alpha value is -2.21. The number of unbranched alkanes of at least 4 members (excludes halogenated alkanes) is 2. The second-order valence-electron chi connectivity index (χ2n) is 6.96. The maximum atomic E-state index is 13.0. The summed E-state index contributed by atoms with van der Waals surface area (Å²) in [6, 6.07) is 7.50. The SMILES string of the molecule is Cc1nc(OCCCCCN2CCCCC2)cc(Oc2ccc(F)cc2)n1. The minimum absolute atomic E-state index is 0.300. The standard InChI is InChI=1S/C21H28FN3O2/c1-17-23-20(16-21(24-17)27-19-10-8-18(22)9-11-19)26-15-7-3-6-14-25-12-4-2-5-13-25/h8-11,16H,2-7,12-15H2,1H3. The Bertz CT molecular complexity index is 703. The number of hydrogen-bond acceptors (Lipinski definition) is 5. The first-order valence-electron chi connectivity index (χ1n) is 9.83. The van der Waals surface area contributed by atoms with Crippen LogP contribution in [-0.4, -0.2) is 41.1 Å². The molecular weight excluding hydrogens is 345 g/mol. The maximum absolute atomic E-state index is 13.0. The molecule has 6 heteroatoms. The van der Waals surface area contributed by atoms with Gasteiger partial charge >= 0.3 is 0 Å². The van der Waals surface area contributed by atoms with Crippen LogP contribution < -0.4 is 9.47 Å². The van der Waals surface area contributed by atoms with Crippen molar-refractivity contribution in [2.75, 3.05) is 26.2 Å². The number of nitrogens with zero attached hydrogens (tertiary/aromatic N) is 3. The summed E-state index contributed by atoms with van der Waals surface area (Å²) in [5.74, 6) is 1.71. The van der Waals surface area contributed by atoms with Crippen molar-refractivity contribution in [3.8, 4) is 17.5 Å². The zero-order valence-electron chi connectivity index (χ0n) is 16.0. The summed E-state index contributed by atoms with van der Waals surface area (Å²) in [6.45, 7) is 6.14. The number of piperidine rings is 1. The zero-order chi connectivity index (χ0) is 18.9. The molecule has 0 amide bonds. The van der Waals surface area contributed by atoms with E-state index >= 15 is 0 Å². The van der Waals surface area contributed by atoms with E-state index < -0.39 is 0 Å². The molecule has 1 fully saturated rings. The average molecular weight is 373 g/mol. The number of halogens is 1. The van der Waals surface area contributed by atoms with Crippen LogP contribution in [0.3, 0.4) is 0 Å². The second-order valence-corrected chi connectivity index (χ2v) is 6.96. The first-order chi connectivity index (χ1) is 13.2. The first-order valence-corrected chi connectivity index (χ1v) is 9.83. The number of ether oxygens (including phenoxy) is 2. The summed E-state index contributed by atoms with van der Waals surface area (Å²) in [5.41, 5.74) is 0. The number of aromatic nitrogens is 2. The van der Waals surface area contributed by atoms with Crippen molar-refractivity contribution >= 4 is 0 Å². The average Bonchev–Trinajstić information content (AvgIpc) is 2.67. The minimum Gasteiger partial charge on any atom is -0.477 e. The van der Waals surface area contributed by atoms with Crippen molar-refractivity contribution in [1.82, 2.24) is 14.9 Å². The molecular formula is C21H28FN3O2. The van der Waals surface area contributed by atoms with Gasteiger partial charge < -0.3 is 14.4 Å². The van der Waals surface area contributed by atoms with E-state index in [-0.39, 0.29) is 5.82 Å². The Kier molecular flexibility index (Phi) is 7.39. The van der Waals surface area contributed by atoms with Crippen LogP contribution >= 0.6 is 0 Å². The molecule has 0 atom stereocenters. The fraction of sp³-hybridized carbons (Fsp3) is 0.524. The van der Waals surface area contributed by atoms with Crippen molar-refractivity contribution in [2.24, 2.45) is 0 Å². The number of benzene rings is 1. The molecule has 146 valence electrons. The van der Waals surface area contributed by atoms with Gasteiger partial charge in [0.25, 0.3) is 0 Å². The molecule has 0 aliphatic carbocycles. The Labute approximate surface area is 160 Å². The predicted octanol–water partition coefficient (Wildman–Crippen LogP) is 4.75. The normalized spacial score (nSPS) is 14.9. The molecule has 3 rings (SSSR count). The van der Waals surface area contributed by atoms with Gasteiger partial charge in [-0.15, -0.1) is 0 Å². The summed E-state index contributed by atoms with van der Waals surface area (Å²) in [5, 5.41) is 0. The van der Waals surface area contributed by atoms with Crippen LogP contribution in [0, 0.1) is 12.7 Å². The Morgan fingerprint density at radius 2 is 1.70 bits per heavy atom. The number of likely N-dealkylation sites (tertiary alicyclic amines) is 1. The highest BCUT2D eigenvalue weighted by molar-refractivity contribution is 5.29. The molecule has 2 aromatic rings. The molecule has 0 radical (unpaired) electrons. The molecule has 1 aromatic carbocycles. The number of hydrogen-bond donors (Lipinski definition) is 0. The third-order valence-corrected chi connectivity index (χ3v) is 4.64. The molecule has 1 aliphatic rings. The molecule has 1 aliphatic heterocycles.